The molecular weight excluding hydrogens is 416 g/mol. The van der Waals surface area contributed by atoms with Crippen LogP contribution in [-0.4, -0.2) is 31.7 Å². The van der Waals surface area contributed by atoms with E-state index in [1.54, 1.807) is 14.2 Å². The fraction of sp³-hybridized carbons (Fsp3) is 0.296. The second-order valence-corrected chi connectivity index (χ2v) is 8.10. The zero-order valence-corrected chi connectivity index (χ0v) is 19.1. The number of nitrogens with one attached hydrogen (secondary N) is 1. The minimum Gasteiger partial charge on any atom is -0.497 e. The van der Waals surface area contributed by atoms with Crippen LogP contribution in [0.25, 0.3) is 0 Å². The second kappa shape index (κ2) is 10.9. The first-order valence-corrected chi connectivity index (χ1v) is 11.2. The Morgan fingerprint density at radius 2 is 1.58 bits per heavy atom. The lowest BCUT2D eigenvalue weighted by Crippen LogP contribution is -2.34. The van der Waals surface area contributed by atoms with Crippen LogP contribution >= 0.6 is 0 Å². The maximum atomic E-state index is 13.0. The van der Waals surface area contributed by atoms with Gasteiger partial charge in [0, 0.05) is 12.2 Å². The van der Waals surface area contributed by atoms with Gasteiger partial charge in [0.05, 0.1) is 33.5 Å². The van der Waals surface area contributed by atoms with E-state index in [0.29, 0.717) is 13.2 Å². The summed E-state index contributed by atoms with van der Waals surface area (Å²) in [5.41, 5.74) is 3.99. The van der Waals surface area contributed by atoms with Crippen LogP contribution in [0.5, 0.6) is 11.5 Å². The van der Waals surface area contributed by atoms with E-state index < -0.39 is 0 Å². The van der Waals surface area contributed by atoms with Crippen molar-refractivity contribution in [3.8, 4) is 11.5 Å². The monoisotopic (exact) mass is 446 g/mol. The Morgan fingerprint density at radius 3 is 2.27 bits per heavy atom. The largest absolute Gasteiger partial charge is 0.497 e. The fourth-order valence-corrected chi connectivity index (χ4v) is 4.13. The van der Waals surface area contributed by atoms with E-state index in [4.69, 9.17) is 14.2 Å². The summed E-state index contributed by atoms with van der Waals surface area (Å²) in [7, 11) is 3.31. The zero-order chi connectivity index (χ0) is 23.0. The molecule has 1 saturated heterocycles. The third kappa shape index (κ3) is 5.84. The average Bonchev–Trinajstić information content (AvgIpc) is 3.35. The molecule has 3 aromatic carbocycles. The van der Waals surface area contributed by atoms with Gasteiger partial charge >= 0.3 is 6.03 Å². The maximum Gasteiger partial charge on any atom is 0.322 e. The van der Waals surface area contributed by atoms with Crippen LogP contribution in [-0.2, 0) is 18.0 Å². The Balaban J connectivity index is 1.33. The number of hydrogen-bond acceptors (Lipinski definition) is 4. The summed E-state index contributed by atoms with van der Waals surface area (Å²) in [5.74, 6) is 1.65. The zero-order valence-electron chi connectivity index (χ0n) is 19.1. The predicted octanol–water partition coefficient (Wildman–Crippen LogP) is 5.79. The van der Waals surface area contributed by atoms with E-state index in [1.807, 2.05) is 77.7 Å². The summed E-state index contributed by atoms with van der Waals surface area (Å²) in [5, 5.41) is 3.06. The number of rotatable bonds is 8. The molecule has 6 heteroatoms. The van der Waals surface area contributed by atoms with Gasteiger partial charge in [-0.05, 0) is 65.9 Å². The SMILES string of the molecule is COc1ccc(COCc2cccc(NC(=O)N3CCCC3c3ccc(OC)cc3)c2)cc1. The molecule has 6 nitrogen and oxygen atoms in total. The highest BCUT2D eigenvalue weighted by Gasteiger charge is 2.30. The number of methoxy groups -OCH3 is 2. The van der Waals surface area contributed by atoms with Crippen molar-refractivity contribution in [2.45, 2.75) is 32.1 Å². The number of anilines is 1. The summed E-state index contributed by atoms with van der Waals surface area (Å²) in [6.45, 7) is 1.72. The molecule has 1 aliphatic heterocycles. The highest BCUT2D eigenvalue weighted by atomic mass is 16.5. The molecule has 1 aliphatic rings. The lowest BCUT2D eigenvalue weighted by Gasteiger charge is -2.25. The third-order valence-electron chi connectivity index (χ3n) is 5.89. The van der Waals surface area contributed by atoms with Gasteiger partial charge in [0.25, 0.3) is 0 Å². The Kier molecular flexibility index (Phi) is 7.47. The number of hydrogen-bond donors (Lipinski definition) is 1. The van der Waals surface area contributed by atoms with E-state index in [0.717, 1.165) is 53.3 Å². The molecule has 0 saturated carbocycles. The van der Waals surface area contributed by atoms with Gasteiger partial charge in [-0.3, -0.25) is 0 Å². The van der Waals surface area contributed by atoms with Crippen molar-refractivity contribution in [2.24, 2.45) is 0 Å². The van der Waals surface area contributed by atoms with Crippen molar-refractivity contribution >= 4 is 11.7 Å². The van der Waals surface area contributed by atoms with Crippen molar-refractivity contribution in [3.63, 3.8) is 0 Å². The molecule has 4 rings (SSSR count). The van der Waals surface area contributed by atoms with E-state index >= 15 is 0 Å². The van der Waals surface area contributed by atoms with Gasteiger partial charge in [-0.2, -0.15) is 0 Å². The molecule has 33 heavy (non-hydrogen) atoms. The lowest BCUT2D eigenvalue weighted by atomic mass is 10.0. The second-order valence-electron chi connectivity index (χ2n) is 8.10. The van der Waals surface area contributed by atoms with E-state index in [-0.39, 0.29) is 12.1 Å². The van der Waals surface area contributed by atoms with Crippen LogP contribution in [0.4, 0.5) is 10.5 Å². The summed E-state index contributed by atoms with van der Waals surface area (Å²) in [6.07, 6.45) is 1.95. The van der Waals surface area contributed by atoms with Gasteiger partial charge in [0.2, 0.25) is 0 Å². The molecule has 1 fully saturated rings. The smallest absolute Gasteiger partial charge is 0.322 e. The Bertz CT molecular complexity index is 1050. The minimum absolute atomic E-state index is 0.0759. The summed E-state index contributed by atoms with van der Waals surface area (Å²) < 4.78 is 16.3. The molecule has 1 unspecified atom stereocenters. The van der Waals surface area contributed by atoms with Crippen molar-refractivity contribution in [1.29, 1.82) is 0 Å². The standard InChI is InChI=1S/C27H30N2O4/c1-31-24-12-8-20(9-13-24)18-33-19-21-5-3-6-23(17-21)28-27(30)29-16-4-7-26(29)22-10-14-25(32-2)15-11-22/h3,5-6,8-15,17,26H,4,7,16,18-19H2,1-2H3,(H,28,30). The van der Waals surface area contributed by atoms with E-state index in [9.17, 15) is 4.79 Å². The quantitative estimate of drug-likeness (QED) is 0.476. The van der Waals surface area contributed by atoms with Crippen LogP contribution in [0.15, 0.2) is 72.8 Å². The number of amides is 2. The number of carbonyl (C=O) groups excluding carboxylic acids is 1. The van der Waals surface area contributed by atoms with Gasteiger partial charge in [0.1, 0.15) is 11.5 Å². The van der Waals surface area contributed by atoms with Crippen molar-refractivity contribution in [1.82, 2.24) is 4.90 Å². The lowest BCUT2D eigenvalue weighted by molar-refractivity contribution is 0.107. The highest BCUT2D eigenvalue weighted by Crippen LogP contribution is 2.33. The number of benzene rings is 3. The van der Waals surface area contributed by atoms with Crippen LogP contribution < -0.4 is 14.8 Å². The van der Waals surface area contributed by atoms with Crippen LogP contribution in [0.3, 0.4) is 0 Å². The number of likely N-dealkylation sites (tertiary alicyclic amines) is 1. The van der Waals surface area contributed by atoms with Gasteiger partial charge in [0.15, 0.2) is 0 Å². The van der Waals surface area contributed by atoms with Crippen molar-refractivity contribution < 1.29 is 19.0 Å². The topological polar surface area (TPSA) is 60.0 Å². The normalized spacial score (nSPS) is 15.3. The molecular formula is C27H30N2O4. The first kappa shape index (κ1) is 22.7. The number of carbonyl (C=O) groups is 1. The van der Waals surface area contributed by atoms with Gasteiger partial charge < -0.3 is 24.4 Å². The summed E-state index contributed by atoms with van der Waals surface area (Å²) in [4.78, 5) is 14.9. The van der Waals surface area contributed by atoms with Gasteiger partial charge in [-0.15, -0.1) is 0 Å². The number of nitrogens with zero attached hydrogens (tertiary/aromatic N) is 1. The molecule has 3 aromatic rings. The van der Waals surface area contributed by atoms with Crippen molar-refractivity contribution in [3.05, 3.63) is 89.5 Å². The molecule has 1 atom stereocenters. The maximum absolute atomic E-state index is 13.0. The first-order valence-electron chi connectivity index (χ1n) is 11.2. The molecule has 2 amide bonds. The minimum atomic E-state index is -0.0791. The van der Waals surface area contributed by atoms with Crippen LogP contribution in [0, 0.1) is 0 Å². The average molecular weight is 447 g/mol. The highest BCUT2D eigenvalue weighted by molar-refractivity contribution is 5.89. The van der Waals surface area contributed by atoms with E-state index in [1.165, 1.54) is 0 Å². The molecule has 0 aliphatic carbocycles. The molecule has 1 N–H and O–H groups in total. The fourth-order valence-electron chi connectivity index (χ4n) is 4.13. The van der Waals surface area contributed by atoms with Gasteiger partial charge in [-0.1, -0.05) is 36.4 Å². The molecule has 0 bridgehead atoms. The Hall–Kier alpha value is -3.51. The van der Waals surface area contributed by atoms with Crippen molar-refractivity contribution in [2.75, 3.05) is 26.1 Å². The summed E-state index contributed by atoms with van der Waals surface area (Å²) >= 11 is 0. The molecule has 172 valence electrons. The first-order chi connectivity index (χ1) is 16.2. The van der Waals surface area contributed by atoms with E-state index in [2.05, 4.69) is 5.32 Å². The number of urea groups is 1. The molecule has 1 heterocycles. The van der Waals surface area contributed by atoms with Crippen LogP contribution in [0.1, 0.15) is 35.6 Å². The Labute approximate surface area is 195 Å². The molecule has 0 aromatic heterocycles. The summed E-state index contributed by atoms with van der Waals surface area (Å²) in [6, 6.07) is 23.6. The van der Waals surface area contributed by atoms with Crippen LogP contribution in [0.2, 0.25) is 0 Å². The number of ether oxygens (including phenoxy) is 3. The Morgan fingerprint density at radius 1 is 0.909 bits per heavy atom. The molecule has 0 radical (unpaired) electrons. The third-order valence-corrected chi connectivity index (χ3v) is 5.89. The predicted molar refractivity (Wildman–Crippen MR) is 129 cm³/mol. The van der Waals surface area contributed by atoms with Gasteiger partial charge in [-0.25, -0.2) is 4.79 Å². The molecule has 0 spiro atoms.